The Bertz CT molecular complexity index is 1370. The molecule has 0 unspecified atom stereocenters. The van der Waals surface area contributed by atoms with Crippen LogP contribution in [0.15, 0.2) is 46.6 Å². The first-order valence-corrected chi connectivity index (χ1v) is 16.8. The van der Waals surface area contributed by atoms with E-state index >= 15 is 0 Å². The zero-order valence-electron chi connectivity index (χ0n) is 20.5. The number of nitrogens with one attached hydrogen (secondary N) is 2. The zero-order valence-corrected chi connectivity index (χ0v) is 23.9. The van der Waals surface area contributed by atoms with Crippen LogP contribution < -0.4 is 15.4 Å². The quantitative estimate of drug-likeness (QED) is 0.150. The lowest BCUT2D eigenvalue weighted by molar-refractivity contribution is 0.0898. The first kappa shape index (κ1) is 27.2. The van der Waals surface area contributed by atoms with Gasteiger partial charge in [0.15, 0.2) is 17.4 Å². The highest BCUT2D eigenvalue weighted by atomic mass is 79.9. The van der Waals surface area contributed by atoms with Gasteiger partial charge in [-0.05, 0) is 28.0 Å². The predicted molar refractivity (Wildman–Crippen MR) is 146 cm³/mol. The van der Waals surface area contributed by atoms with Gasteiger partial charge in [0.1, 0.15) is 23.1 Å². The highest BCUT2D eigenvalue weighted by molar-refractivity contribution is 9.10. The van der Waals surface area contributed by atoms with E-state index in [1.165, 1.54) is 23.6 Å². The van der Waals surface area contributed by atoms with Crippen LogP contribution >= 0.6 is 27.3 Å². The fourth-order valence-electron chi connectivity index (χ4n) is 3.37. The number of nitrogens with zero attached hydrogens (tertiary/aromatic N) is 3. The summed E-state index contributed by atoms with van der Waals surface area (Å²) in [5.74, 6) is -2.31. The number of thiazole rings is 1. The molecule has 2 amide bonds. The van der Waals surface area contributed by atoms with E-state index in [1.807, 2.05) is 0 Å². The highest BCUT2D eigenvalue weighted by Gasteiger charge is 2.19. The number of hydrogen-bond donors (Lipinski definition) is 2. The van der Waals surface area contributed by atoms with Crippen LogP contribution in [0.3, 0.4) is 0 Å². The van der Waals surface area contributed by atoms with Crippen LogP contribution in [0.5, 0.6) is 11.5 Å². The number of amides is 2. The van der Waals surface area contributed by atoms with Gasteiger partial charge in [-0.2, -0.15) is 0 Å². The summed E-state index contributed by atoms with van der Waals surface area (Å²) in [4.78, 5) is 20.5. The van der Waals surface area contributed by atoms with Crippen LogP contribution in [0.1, 0.15) is 5.01 Å². The lowest BCUT2D eigenvalue weighted by Crippen LogP contribution is -2.28. The molecule has 0 aliphatic carbocycles. The third kappa shape index (κ3) is 7.12. The summed E-state index contributed by atoms with van der Waals surface area (Å²) in [6.45, 7) is 7.97. The number of carbonyl (C=O) groups excluding carboxylic acids is 1. The number of fused-ring (bicyclic) bond motifs is 1. The lowest BCUT2D eigenvalue weighted by Gasteiger charge is -2.15. The van der Waals surface area contributed by atoms with E-state index in [-0.39, 0.29) is 24.7 Å². The number of halogens is 3. The third-order valence-corrected chi connectivity index (χ3v) is 8.34. The fourth-order valence-corrected chi connectivity index (χ4v) is 5.31. The minimum atomic E-state index is -1.21. The van der Waals surface area contributed by atoms with Gasteiger partial charge >= 0.3 is 6.03 Å². The molecule has 1 aromatic carbocycles. The molecule has 0 saturated heterocycles. The summed E-state index contributed by atoms with van der Waals surface area (Å²) < 4.78 is 43.7. The number of benzene rings is 1. The maximum Gasteiger partial charge on any atom is 0.319 e. The van der Waals surface area contributed by atoms with Crippen molar-refractivity contribution in [1.82, 2.24) is 19.9 Å². The zero-order chi connectivity index (χ0) is 26.6. The van der Waals surface area contributed by atoms with Gasteiger partial charge in [0.2, 0.25) is 0 Å². The van der Waals surface area contributed by atoms with Crippen molar-refractivity contribution in [3.05, 3.63) is 63.3 Å². The number of anilines is 1. The molecule has 0 fully saturated rings. The van der Waals surface area contributed by atoms with Crippen molar-refractivity contribution in [3.63, 3.8) is 0 Å². The topological polar surface area (TPSA) is 90.3 Å². The van der Waals surface area contributed by atoms with Crippen LogP contribution in [-0.2, 0) is 18.0 Å². The molecule has 37 heavy (non-hydrogen) atoms. The number of pyridine rings is 1. The minimum Gasteiger partial charge on any atom is -0.450 e. The van der Waals surface area contributed by atoms with E-state index < -0.39 is 31.5 Å². The molecule has 3 aromatic heterocycles. The van der Waals surface area contributed by atoms with E-state index in [0.29, 0.717) is 27.1 Å². The van der Waals surface area contributed by atoms with E-state index in [1.54, 1.807) is 22.3 Å². The molecule has 0 aliphatic heterocycles. The van der Waals surface area contributed by atoms with Crippen molar-refractivity contribution in [3.8, 4) is 11.5 Å². The van der Waals surface area contributed by atoms with Crippen molar-refractivity contribution >= 4 is 58.1 Å². The molecular formula is C24H26BrF2N5O3SSi. The molecule has 2 N–H and O–H groups in total. The van der Waals surface area contributed by atoms with E-state index in [2.05, 4.69) is 56.2 Å². The molecule has 196 valence electrons. The van der Waals surface area contributed by atoms with Crippen LogP contribution in [0.4, 0.5) is 19.3 Å². The standard InChI is InChI=1S/C24H26BrF2N5O3SSi/c1-37(2,3)9-7-34-14-32-13-16(25)21-19(4-5-29-23(21)32)35-22-17(26)10-15(11-18(22)27)31-24(33)30-12-20-28-6-8-36-20/h4-6,8,10-11,13H,7,9,12,14H2,1-3H3,(H2,30,31,33). The highest BCUT2D eigenvalue weighted by Crippen LogP contribution is 2.37. The Morgan fingerprint density at radius 3 is 2.62 bits per heavy atom. The molecule has 0 spiro atoms. The second-order valence-corrected chi connectivity index (χ2v) is 16.9. The molecule has 0 radical (unpaired) electrons. The Balaban J connectivity index is 1.47. The van der Waals surface area contributed by atoms with Crippen LogP contribution in [0, 0.1) is 11.6 Å². The maximum absolute atomic E-state index is 14.9. The molecule has 13 heteroatoms. The van der Waals surface area contributed by atoms with Crippen LogP contribution in [0.2, 0.25) is 25.7 Å². The normalized spacial score (nSPS) is 11.6. The molecule has 0 atom stereocenters. The van der Waals surface area contributed by atoms with Gasteiger partial charge in [-0.15, -0.1) is 11.3 Å². The third-order valence-electron chi connectivity index (χ3n) is 5.25. The van der Waals surface area contributed by atoms with E-state index in [4.69, 9.17) is 9.47 Å². The average molecular weight is 611 g/mol. The number of ether oxygens (including phenoxy) is 2. The largest absolute Gasteiger partial charge is 0.450 e. The molecule has 0 aliphatic rings. The van der Waals surface area contributed by atoms with Gasteiger partial charge in [0, 0.05) is 60.9 Å². The van der Waals surface area contributed by atoms with Crippen molar-refractivity contribution in [1.29, 1.82) is 0 Å². The van der Waals surface area contributed by atoms with Crippen molar-refractivity contribution in [2.24, 2.45) is 0 Å². The Hall–Kier alpha value is -2.87. The van der Waals surface area contributed by atoms with Gasteiger partial charge in [-0.1, -0.05) is 19.6 Å². The second kappa shape index (κ2) is 11.7. The van der Waals surface area contributed by atoms with Gasteiger partial charge in [-0.3, -0.25) is 0 Å². The maximum atomic E-state index is 14.9. The Morgan fingerprint density at radius 1 is 1.19 bits per heavy atom. The molecule has 4 aromatic rings. The predicted octanol–water partition coefficient (Wildman–Crippen LogP) is 6.96. The Kier molecular flexibility index (Phi) is 8.57. The van der Waals surface area contributed by atoms with Crippen molar-refractivity contribution in [2.75, 3.05) is 11.9 Å². The Morgan fingerprint density at radius 2 is 1.95 bits per heavy atom. The first-order chi connectivity index (χ1) is 17.6. The van der Waals surface area contributed by atoms with E-state index in [9.17, 15) is 13.6 Å². The SMILES string of the molecule is C[Si](C)(C)CCOCn1cc(Br)c2c(Oc3c(F)cc(NC(=O)NCc4nccs4)cc3F)ccnc21. The number of hydrogen-bond acceptors (Lipinski definition) is 6. The Labute approximate surface area is 226 Å². The van der Waals surface area contributed by atoms with Crippen LogP contribution in [0.25, 0.3) is 11.0 Å². The number of urea groups is 1. The molecule has 8 nitrogen and oxygen atoms in total. The molecule has 0 saturated carbocycles. The van der Waals surface area contributed by atoms with Crippen LogP contribution in [-0.4, -0.2) is 35.2 Å². The fraction of sp³-hybridized carbons (Fsp3) is 0.292. The van der Waals surface area contributed by atoms with E-state index in [0.717, 1.165) is 18.2 Å². The van der Waals surface area contributed by atoms with Gasteiger partial charge < -0.3 is 24.7 Å². The lowest BCUT2D eigenvalue weighted by atomic mass is 10.2. The monoisotopic (exact) mass is 609 g/mol. The summed E-state index contributed by atoms with van der Waals surface area (Å²) in [5, 5.41) is 8.04. The first-order valence-electron chi connectivity index (χ1n) is 11.4. The average Bonchev–Trinajstić information content (AvgIpc) is 3.45. The van der Waals surface area contributed by atoms with Gasteiger partial charge in [0.05, 0.1) is 11.9 Å². The molecule has 0 bridgehead atoms. The smallest absolute Gasteiger partial charge is 0.319 e. The van der Waals surface area contributed by atoms with Crippen molar-refractivity contribution < 1.29 is 23.0 Å². The molecule has 4 rings (SSSR count). The summed E-state index contributed by atoms with van der Waals surface area (Å²) in [5.41, 5.74) is 0.495. The van der Waals surface area contributed by atoms with Gasteiger partial charge in [-0.25, -0.2) is 23.5 Å². The van der Waals surface area contributed by atoms with Gasteiger partial charge in [0.25, 0.3) is 0 Å². The summed E-state index contributed by atoms with van der Waals surface area (Å²) in [7, 11) is -1.21. The number of rotatable bonds is 10. The summed E-state index contributed by atoms with van der Waals surface area (Å²) in [6, 6.07) is 3.93. The minimum absolute atomic E-state index is 0.0540. The summed E-state index contributed by atoms with van der Waals surface area (Å²) >= 11 is 4.87. The molecular weight excluding hydrogens is 584 g/mol. The van der Waals surface area contributed by atoms with Crippen molar-refractivity contribution in [2.45, 2.75) is 39.0 Å². The number of carbonyl (C=O) groups is 1. The molecule has 3 heterocycles. The number of aromatic nitrogens is 3. The summed E-state index contributed by atoms with van der Waals surface area (Å²) in [6.07, 6.45) is 4.92. The second-order valence-electron chi connectivity index (χ2n) is 9.41.